The minimum Gasteiger partial charge on any atom is -0.456 e. The Kier molecular flexibility index (Phi) is 3.89. The van der Waals surface area contributed by atoms with Crippen molar-refractivity contribution < 1.29 is 8.81 Å². The number of para-hydroxylation sites is 1. The van der Waals surface area contributed by atoms with Crippen LogP contribution < -0.4 is 5.32 Å². The van der Waals surface area contributed by atoms with Gasteiger partial charge in [-0.3, -0.25) is 0 Å². The Bertz CT molecular complexity index is 780. The second kappa shape index (κ2) is 5.68. The maximum atomic E-state index is 13.7. The molecule has 3 rings (SSSR count). The lowest BCUT2D eigenvalue weighted by Crippen LogP contribution is -2.16. The molecule has 2 aromatic carbocycles. The molecule has 1 atom stereocenters. The fourth-order valence-electron chi connectivity index (χ4n) is 2.40. The highest BCUT2D eigenvalue weighted by Crippen LogP contribution is 2.31. The topological polar surface area (TPSA) is 25.2 Å². The molecule has 108 valence electrons. The molecule has 0 fully saturated rings. The van der Waals surface area contributed by atoms with Crippen molar-refractivity contribution in [1.29, 1.82) is 0 Å². The van der Waals surface area contributed by atoms with E-state index in [-0.39, 0.29) is 17.4 Å². The van der Waals surface area contributed by atoms with Crippen LogP contribution in [0.1, 0.15) is 17.4 Å². The summed E-state index contributed by atoms with van der Waals surface area (Å²) in [5, 5.41) is 4.94. The first-order chi connectivity index (χ1) is 10.1. The summed E-state index contributed by atoms with van der Waals surface area (Å²) < 4.78 is 19.4. The van der Waals surface area contributed by atoms with Gasteiger partial charge in [0.1, 0.15) is 5.76 Å². The molecular formula is C16H12Cl2FNO. The first-order valence-corrected chi connectivity index (χ1v) is 7.15. The van der Waals surface area contributed by atoms with Crippen LogP contribution in [0.5, 0.6) is 0 Å². The highest BCUT2D eigenvalue weighted by molar-refractivity contribution is 6.34. The molecule has 0 aliphatic heterocycles. The van der Waals surface area contributed by atoms with Crippen LogP contribution in [0, 0.1) is 5.82 Å². The molecule has 0 aliphatic carbocycles. The first kappa shape index (κ1) is 14.4. The second-order valence-corrected chi connectivity index (χ2v) is 5.60. The SMILES string of the molecule is CNC(c1cc(Cl)cc(Cl)c1)c1cc2cccc(F)c2o1. The van der Waals surface area contributed by atoms with Crippen LogP contribution in [0.25, 0.3) is 11.0 Å². The number of benzene rings is 2. The number of furan rings is 1. The quantitative estimate of drug-likeness (QED) is 0.717. The van der Waals surface area contributed by atoms with Crippen molar-refractivity contribution in [2.75, 3.05) is 7.05 Å². The van der Waals surface area contributed by atoms with Gasteiger partial charge < -0.3 is 9.73 Å². The zero-order chi connectivity index (χ0) is 15.0. The van der Waals surface area contributed by atoms with E-state index in [1.807, 2.05) is 12.1 Å². The van der Waals surface area contributed by atoms with Gasteiger partial charge in [0.05, 0.1) is 6.04 Å². The van der Waals surface area contributed by atoms with E-state index in [0.29, 0.717) is 15.8 Å². The van der Waals surface area contributed by atoms with E-state index in [2.05, 4.69) is 5.32 Å². The maximum Gasteiger partial charge on any atom is 0.169 e. The van der Waals surface area contributed by atoms with E-state index in [0.717, 1.165) is 10.9 Å². The minimum absolute atomic E-state index is 0.251. The number of hydrogen-bond acceptors (Lipinski definition) is 2. The van der Waals surface area contributed by atoms with Crippen molar-refractivity contribution in [3.05, 3.63) is 69.7 Å². The van der Waals surface area contributed by atoms with Gasteiger partial charge in [-0.1, -0.05) is 35.3 Å². The molecule has 0 aliphatic rings. The molecule has 0 saturated heterocycles. The van der Waals surface area contributed by atoms with Crippen molar-refractivity contribution in [3.63, 3.8) is 0 Å². The molecule has 1 unspecified atom stereocenters. The van der Waals surface area contributed by atoms with Gasteiger partial charge in [-0.2, -0.15) is 0 Å². The van der Waals surface area contributed by atoms with Crippen LogP contribution in [0.4, 0.5) is 4.39 Å². The van der Waals surface area contributed by atoms with Crippen molar-refractivity contribution in [1.82, 2.24) is 5.32 Å². The average Bonchev–Trinajstić information content (AvgIpc) is 2.83. The Balaban J connectivity index is 2.11. The zero-order valence-corrected chi connectivity index (χ0v) is 12.7. The predicted molar refractivity (Wildman–Crippen MR) is 83.5 cm³/mol. The smallest absolute Gasteiger partial charge is 0.169 e. The lowest BCUT2D eigenvalue weighted by atomic mass is 10.0. The van der Waals surface area contributed by atoms with Gasteiger partial charge >= 0.3 is 0 Å². The fraction of sp³-hybridized carbons (Fsp3) is 0.125. The van der Waals surface area contributed by atoms with Gasteiger partial charge in [0.15, 0.2) is 11.4 Å². The number of hydrogen-bond donors (Lipinski definition) is 1. The molecular weight excluding hydrogens is 312 g/mol. The Hall–Kier alpha value is -1.55. The third-order valence-corrected chi connectivity index (χ3v) is 3.74. The normalized spacial score (nSPS) is 12.8. The summed E-state index contributed by atoms with van der Waals surface area (Å²) in [6.45, 7) is 0. The molecule has 0 radical (unpaired) electrons. The lowest BCUT2D eigenvalue weighted by Gasteiger charge is -2.14. The Morgan fingerprint density at radius 3 is 2.43 bits per heavy atom. The van der Waals surface area contributed by atoms with Crippen LogP contribution in [0.15, 0.2) is 46.9 Å². The molecule has 3 aromatic rings. The first-order valence-electron chi connectivity index (χ1n) is 6.39. The van der Waals surface area contributed by atoms with Crippen LogP contribution in [-0.4, -0.2) is 7.05 Å². The van der Waals surface area contributed by atoms with Gasteiger partial charge in [0.2, 0.25) is 0 Å². The van der Waals surface area contributed by atoms with E-state index in [9.17, 15) is 4.39 Å². The van der Waals surface area contributed by atoms with Gasteiger partial charge in [0.25, 0.3) is 0 Å². The van der Waals surface area contributed by atoms with Crippen LogP contribution in [-0.2, 0) is 0 Å². The van der Waals surface area contributed by atoms with Gasteiger partial charge in [-0.05, 0) is 42.9 Å². The lowest BCUT2D eigenvalue weighted by molar-refractivity contribution is 0.476. The molecule has 0 saturated carbocycles. The summed E-state index contributed by atoms with van der Waals surface area (Å²) in [5.41, 5.74) is 1.11. The largest absolute Gasteiger partial charge is 0.456 e. The maximum absolute atomic E-state index is 13.7. The number of rotatable bonds is 3. The average molecular weight is 324 g/mol. The van der Waals surface area contributed by atoms with Crippen molar-refractivity contribution in [2.24, 2.45) is 0 Å². The fourth-order valence-corrected chi connectivity index (χ4v) is 2.95. The predicted octanol–water partition coefficient (Wildman–Crippen LogP) is 5.19. The van der Waals surface area contributed by atoms with E-state index in [1.54, 1.807) is 31.3 Å². The molecule has 0 spiro atoms. The summed E-state index contributed by atoms with van der Waals surface area (Å²) in [4.78, 5) is 0. The van der Waals surface area contributed by atoms with Crippen molar-refractivity contribution >= 4 is 34.2 Å². The molecule has 0 amide bonds. The van der Waals surface area contributed by atoms with E-state index in [1.165, 1.54) is 6.07 Å². The zero-order valence-electron chi connectivity index (χ0n) is 11.2. The third-order valence-electron chi connectivity index (χ3n) is 3.31. The summed E-state index contributed by atoms with van der Waals surface area (Å²) in [6, 6.07) is 11.7. The van der Waals surface area contributed by atoms with E-state index in [4.69, 9.17) is 27.6 Å². The highest BCUT2D eigenvalue weighted by Gasteiger charge is 2.19. The Morgan fingerprint density at radius 2 is 1.81 bits per heavy atom. The molecule has 1 N–H and O–H groups in total. The second-order valence-electron chi connectivity index (χ2n) is 4.73. The third kappa shape index (κ3) is 2.77. The molecule has 0 bridgehead atoms. The Morgan fingerprint density at radius 1 is 1.10 bits per heavy atom. The molecule has 21 heavy (non-hydrogen) atoms. The summed E-state index contributed by atoms with van der Waals surface area (Å²) in [6.07, 6.45) is 0. The van der Waals surface area contributed by atoms with Crippen LogP contribution in [0.2, 0.25) is 10.0 Å². The van der Waals surface area contributed by atoms with Crippen molar-refractivity contribution in [2.45, 2.75) is 6.04 Å². The molecule has 2 nitrogen and oxygen atoms in total. The summed E-state index contributed by atoms with van der Waals surface area (Å²) in [7, 11) is 1.79. The van der Waals surface area contributed by atoms with E-state index < -0.39 is 0 Å². The summed E-state index contributed by atoms with van der Waals surface area (Å²) >= 11 is 12.1. The van der Waals surface area contributed by atoms with Gasteiger partial charge in [0, 0.05) is 15.4 Å². The monoisotopic (exact) mass is 323 g/mol. The van der Waals surface area contributed by atoms with Crippen LogP contribution in [0.3, 0.4) is 0 Å². The van der Waals surface area contributed by atoms with Gasteiger partial charge in [-0.25, -0.2) is 4.39 Å². The highest BCUT2D eigenvalue weighted by atomic mass is 35.5. The molecule has 1 aromatic heterocycles. The summed E-state index contributed by atoms with van der Waals surface area (Å²) in [5.74, 6) is 0.230. The number of halogens is 3. The van der Waals surface area contributed by atoms with Gasteiger partial charge in [-0.15, -0.1) is 0 Å². The molecule has 1 heterocycles. The number of nitrogens with one attached hydrogen (secondary N) is 1. The van der Waals surface area contributed by atoms with Crippen molar-refractivity contribution in [3.8, 4) is 0 Å². The Labute approximate surface area is 131 Å². The standard InChI is InChI=1S/C16H12Cl2FNO/c1-20-15(10-5-11(17)8-12(18)6-10)14-7-9-3-2-4-13(19)16(9)21-14/h2-8,15,20H,1H3. The number of fused-ring (bicyclic) bond motifs is 1. The van der Waals surface area contributed by atoms with E-state index >= 15 is 0 Å². The van der Waals surface area contributed by atoms with Crippen LogP contribution >= 0.6 is 23.2 Å². The minimum atomic E-state index is -0.377. The molecule has 5 heteroatoms.